The fourth-order valence-corrected chi connectivity index (χ4v) is 7.69. The lowest BCUT2D eigenvalue weighted by Crippen LogP contribution is -1.99. The summed E-state index contributed by atoms with van der Waals surface area (Å²) in [5, 5.41) is 5.98. The number of rotatable bonds is 28. The summed E-state index contributed by atoms with van der Waals surface area (Å²) in [6.07, 6.45) is 38.1. The summed E-state index contributed by atoms with van der Waals surface area (Å²) in [6, 6.07) is 15.4. The number of hydrogen-bond acceptors (Lipinski definition) is 0. The molecular formula is C46H74. The molecular weight excluding hydrogens is 553 g/mol. The van der Waals surface area contributed by atoms with Crippen LogP contribution in [-0.2, 0) is 25.7 Å². The van der Waals surface area contributed by atoms with E-state index in [1.807, 2.05) is 0 Å². The summed E-state index contributed by atoms with van der Waals surface area (Å²) >= 11 is 0. The third-order valence-electron chi connectivity index (χ3n) is 10.7. The monoisotopic (exact) mass is 627 g/mol. The standard InChI is InChI=1S/C46H74/c1-5-9-13-17-21-25-29-39-33-34-42-37-43-35-40(30-26-22-18-14-10-6-2)41(31-27-23-19-15-11-7-3)36-44(43)38-46(42)45(39)32-28-24-20-16-12-8-4/h33-38H,5-32H2,1-4H3. The van der Waals surface area contributed by atoms with Crippen LogP contribution in [0.5, 0.6) is 0 Å². The second-order valence-corrected chi connectivity index (χ2v) is 14.8. The zero-order valence-corrected chi connectivity index (χ0v) is 31.3. The van der Waals surface area contributed by atoms with E-state index in [4.69, 9.17) is 0 Å². The third kappa shape index (κ3) is 14.1. The molecule has 0 amide bonds. The molecule has 0 fully saturated rings. The molecule has 0 bridgehead atoms. The Hall–Kier alpha value is -1.82. The van der Waals surface area contributed by atoms with Crippen LogP contribution in [0.2, 0.25) is 0 Å². The predicted molar refractivity (Wildman–Crippen MR) is 210 cm³/mol. The van der Waals surface area contributed by atoms with Crippen molar-refractivity contribution in [1.29, 1.82) is 0 Å². The largest absolute Gasteiger partial charge is 0.0654 e. The van der Waals surface area contributed by atoms with Gasteiger partial charge in [-0.25, -0.2) is 0 Å². The van der Waals surface area contributed by atoms with E-state index < -0.39 is 0 Å². The minimum atomic E-state index is 1.25. The number of benzene rings is 3. The molecule has 0 spiro atoms. The van der Waals surface area contributed by atoms with Gasteiger partial charge in [-0.15, -0.1) is 0 Å². The van der Waals surface area contributed by atoms with Crippen LogP contribution < -0.4 is 0 Å². The van der Waals surface area contributed by atoms with Crippen molar-refractivity contribution in [2.75, 3.05) is 0 Å². The Bertz CT molecular complexity index is 1190. The van der Waals surface area contributed by atoms with Crippen LogP contribution >= 0.6 is 0 Å². The zero-order valence-electron chi connectivity index (χ0n) is 31.3. The van der Waals surface area contributed by atoms with Crippen molar-refractivity contribution in [2.45, 2.75) is 207 Å². The lowest BCUT2D eigenvalue weighted by Gasteiger charge is -2.17. The van der Waals surface area contributed by atoms with E-state index in [0.29, 0.717) is 0 Å². The number of aryl methyl sites for hydroxylation is 4. The highest BCUT2D eigenvalue weighted by atomic mass is 14.2. The predicted octanol–water partition coefficient (Wildman–Crippen LogP) is 15.6. The number of fused-ring (bicyclic) bond motifs is 2. The van der Waals surface area contributed by atoms with Crippen LogP contribution in [0.25, 0.3) is 21.5 Å². The first-order valence-electron chi connectivity index (χ1n) is 20.7. The van der Waals surface area contributed by atoms with Gasteiger partial charge in [-0.3, -0.25) is 0 Å². The molecule has 0 aliphatic heterocycles. The molecule has 258 valence electrons. The smallest absolute Gasteiger partial charge is 0.0143 e. The van der Waals surface area contributed by atoms with E-state index in [9.17, 15) is 0 Å². The quantitative estimate of drug-likeness (QED) is 0.0555. The summed E-state index contributed by atoms with van der Waals surface area (Å²) in [5.74, 6) is 0. The van der Waals surface area contributed by atoms with Crippen molar-refractivity contribution in [1.82, 2.24) is 0 Å². The van der Waals surface area contributed by atoms with Crippen LogP contribution in [0, 0.1) is 0 Å². The molecule has 0 atom stereocenters. The molecule has 0 radical (unpaired) electrons. The maximum atomic E-state index is 2.63. The molecule has 0 aromatic heterocycles. The van der Waals surface area contributed by atoms with Gasteiger partial charge in [-0.2, -0.15) is 0 Å². The van der Waals surface area contributed by atoms with Gasteiger partial charge in [0.2, 0.25) is 0 Å². The second-order valence-electron chi connectivity index (χ2n) is 14.8. The average Bonchev–Trinajstić information content (AvgIpc) is 3.07. The fraction of sp³-hybridized carbons (Fsp3) is 0.696. The van der Waals surface area contributed by atoms with E-state index >= 15 is 0 Å². The second kappa shape index (κ2) is 24.3. The van der Waals surface area contributed by atoms with Gasteiger partial charge in [0.1, 0.15) is 0 Å². The zero-order chi connectivity index (χ0) is 32.7. The molecule has 0 aliphatic carbocycles. The van der Waals surface area contributed by atoms with Crippen molar-refractivity contribution < 1.29 is 0 Å². The number of unbranched alkanes of at least 4 members (excludes halogenated alkanes) is 20. The van der Waals surface area contributed by atoms with Crippen molar-refractivity contribution >= 4 is 21.5 Å². The van der Waals surface area contributed by atoms with Crippen LogP contribution in [-0.4, -0.2) is 0 Å². The van der Waals surface area contributed by atoms with Gasteiger partial charge in [0.05, 0.1) is 0 Å². The Morgan fingerprint density at radius 2 is 0.674 bits per heavy atom. The molecule has 0 unspecified atom stereocenters. The van der Waals surface area contributed by atoms with Gasteiger partial charge in [-0.05, 0) is 107 Å². The van der Waals surface area contributed by atoms with Gasteiger partial charge in [-0.1, -0.05) is 180 Å². The Morgan fingerprint density at radius 1 is 0.304 bits per heavy atom. The molecule has 0 heterocycles. The summed E-state index contributed by atoms with van der Waals surface area (Å²) in [4.78, 5) is 0. The summed E-state index contributed by atoms with van der Waals surface area (Å²) in [7, 11) is 0. The fourth-order valence-electron chi connectivity index (χ4n) is 7.69. The molecule has 3 aromatic rings. The van der Waals surface area contributed by atoms with Gasteiger partial charge in [0.15, 0.2) is 0 Å². The normalized spacial score (nSPS) is 11.7. The molecule has 3 aromatic carbocycles. The van der Waals surface area contributed by atoms with Crippen LogP contribution in [0.4, 0.5) is 0 Å². The topological polar surface area (TPSA) is 0 Å². The first-order chi connectivity index (χ1) is 22.7. The Balaban J connectivity index is 1.86. The van der Waals surface area contributed by atoms with E-state index in [2.05, 4.69) is 64.1 Å². The summed E-state index contributed by atoms with van der Waals surface area (Å²) in [5.41, 5.74) is 6.61. The lowest BCUT2D eigenvalue weighted by atomic mass is 9.88. The Labute approximate surface area is 286 Å². The molecule has 0 nitrogen and oxygen atoms in total. The van der Waals surface area contributed by atoms with Crippen molar-refractivity contribution in [2.24, 2.45) is 0 Å². The maximum Gasteiger partial charge on any atom is -0.0143 e. The molecule has 0 saturated carbocycles. The van der Waals surface area contributed by atoms with Crippen molar-refractivity contribution in [3.05, 3.63) is 58.7 Å². The molecule has 3 rings (SSSR count). The molecule has 0 aliphatic rings. The molecule has 0 saturated heterocycles. The minimum Gasteiger partial charge on any atom is -0.0654 e. The first-order valence-corrected chi connectivity index (χ1v) is 20.7. The SMILES string of the molecule is CCCCCCCCc1cc2cc3ccc(CCCCCCCC)c(CCCCCCCC)c3cc2cc1CCCCCCCC. The van der Waals surface area contributed by atoms with Gasteiger partial charge >= 0.3 is 0 Å². The van der Waals surface area contributed by atoms with E-state index in [1.165, 1.54) is 196 Å². The van der Waals surface area contributed by atoms with Crippen LogP contribution in [0.15, 0.2) is 36.4 Å². The van der Waals surface area contributed by atoms with Gasteiger partial charge in [0, 0.05) is 0 Å². The molecule has 0 heteroatoms. The highest BCUT2D eigenvalue weighted by molar-refractivity contribution is 6.00. The van der Waals surface area contributed by atoms with E-state index in [1.54, 1.807) is 27.6 Å². The van der Waals surface area contributed by atoms with E-state index in [0.717, 1.165) is 0 Å². The Kier molecular flexibility index (Phi) is 20.4. The lowest BCUT2D eigenvalue weighted by molar-refractivity contribution is 0.599. The van der Waals surface area contributed by atoms with Crippen molar-refractivity contribution in [3.8, 4) is 0 Å². The third-order valence-corrected chi connectivity index (χ3v) is 10.7. The summed E-state index contributed by atoms with van der Waals surface area (Å²) in [6.45, 7) is 9.29. The average molecular weight is 627 g/mol. The van der Waals surface area contributed by atoms with Crippen molar-refractivity contribution in [3.63, 3.8) is 0 Å². The van der Waals surface area contributed by atoms with Gasteiger partial charge < -0.3 is 0 Å². The van der Waals surface area contributed by atoms with Crippen LogP contribution in [0.1, 0.15) is 204 Å². The highest BCUT2D eigenvalue weighted by Crippen LogP contribution is 2.33. The number of hydrogen-bond donors (Lipinski definition) is 0. The van der Waals surface area contributed by atoms with Crippen LogP contribution in [0.3, 0.4) is 0 Å². The molecule has 46 heavy (non-hydrogen) atoms. The van der Waals surface area contributed by atoms with Gasteiger partial charge in [0.25, 0.3) is 0 Å². The molecule has 0 N–H and O–H groups in total. The first kappa shape index (κ1) is 38.6. The summed E-state index contributed by atoms with van der Waals surface area (Å²) < 4.78 is 0. The maximum absolute atomic E-state index is 2.63. The highest BCUT2D eigenvalue weighted by Gasteiger charge is 2.12. The Morgan fingerprint density at radius 3 is 1.13 bits per heavy atom. The minimum absolute atomic E-state index is 1.25. The van der Waals surface area contributed by atoms with E-state index in [-0.39, 0.29) is 0 Å².